The molecule has 9 aromatic carbocycles. The first-order valence-electron chi connectivity index (χ1n) is 18.4. The van der Waals surface area contributed by atoms with Crippen LogP contribution >= 0.6 is 0 Å². The zero-order chi connectivity index (χ0) is 36.1. The van der Waals surface area contributed by atoms with E-state index >= 15 is 0 Å². The average molecular weight is 691 g/mol. The van der Waals surface area contributed by atoms with E-state index in [0.717, 1.165) is 34.1 Å². The van der Waals surface area contributed by atoms with Crippen molar-refractivity contribution in [2.75, 3.05) is 9.80 Å². The van der Waals surface area contributed by atoms with Gasteiger partial charge in [-0.3, -0.25) is 0 Å². The van der Waals surface area contributed by atoms with E-state index in [-0.39, 0.29) is 0 Å². The van der Waals surface area contributed by atoms with Gasteiger partial charge in [-0.1, -0.05) is 158 Å². The molecule has 0 aliphatic carbocycles. The lowest BCUT2D eigenvalue weighted by molar-refractivity contribution is 1.28. The van der Waals surface area contributed by atoms with Gasteiger partial charge in [0.05, 0.1) is 5.69 Å². The van der Waals surface area contributed by atoms with Gasteiger partial charge in [-0.05, 0) is 112 Å². The van der Waals surface area contributed by atoms with Crippen LogP contribution in [-0.2, 0) is 0 Å². The Morgan fingerprint density at radius 1 is 0.222 bits per heavy atom. The van der Waals surface area contributed by atoms with Crippen molar-refractivity contribution in [2.45, 2.75) is 0 Å². The number of rotatable bonds is 9. The zero-order valence-electron chi connectivity index (χ0n) is 29.8. The van der Waals surface area contributed by atoms with Crippen LogP contribution in [0.1, 0.15) is 0 Å². The van der Waals surface area contributed by atoms with Crippen LogP contribution < -0.4 is 9.80 Å². The summed E-state index contributed by atoms with van der Waals surface area (Å²) in [5.41, 5.74) is 13.8. The fourth-order valence-electron chi connectivity index (χ4n) is 7.35. The summed E-state index contributed by atoms with van der Waals surface area (Å²) in [5, 5.41) is 2.40. The van der Waals surface area contributed by atoms with Crippen molar-refractivity contribution in [2.24, 2.45) is 0 Å². The van der Waals surface area contributed by atoms with Crippen molar-refractivity contribution < 1.29 is 0 Å². The van der Waals surface area contributed by atoms with Crippen LogP contribution in [0.3, 0.4) is 0 Å². The molecule has 0 saturated heterocycles. The summed E-state index contributed by atoms with van der Waals surface area (Å²) in [6, 6.07) is 82.4. The molecule has 0 saturated carbocycles. The molecule has 0 unspecified atom stereocenters. The van der Waals surface area contributed by atoms with E-state index in [1.54, 1.807) is 0 Å². The molecule has 0 fully saturated rings. The molecule has 0 radical (unpaired) electrons. The highest BCUT2D eigenvalue weighted by molar-refractivity contribution is 6.01. The standard InChI is InChI=1S/C52H38N2/c1-5-15-39(16-6-1)41-29-33-48(34-30-41)53(50-25-13-20-44(37-50)40-17-7-2-8-18-40)49-35-31-42(32-36-49)45-28-27-43-19-14-26-52(51(43)38-45)54(46-21-9-3-10-22-46)47-23-11-4-12-24-47/h1-38H. The maximum absolute atomic E-state index is 2.35. The van der Waals surface area contributed by atoms with Gasteiger partial charge in [-0.2, -0.15) is 0 Å². The highest BCUT2D eigenvalue weighted by Gasteiger charge is 2.17. The minimum absolute atomic E-state index is 1.09. The second-order valence-corrected chi connectivity index (χ2v) is 13.4. The van der Waals surface area contributed by atoms with Crippen LogP contribution in [-0.4, -0.2) is 0 Å². The molecule has 256 valence electrons. The maximum atomic E-state index is 2.35. The fraction of sp³-hybridized carbons (Fsp3) is 0. The van der Waals surface area contributed by atoms with Crippen molar-refractivity contribution in [1.29, 1.82) is 0 Å². The molecule has 9 rings (SSSR count). The zero-order valence-corrected chi connectivity index (χ0v) is 29.8. The predicted molar refractivity (Wildman–Crippen MR) is 230 cm³/mol. The molecule has 9 aromatic rings. The number of para-hydroxylation sites is 2. The van der Waals surface area contributed by atoms with Gasteiger partial charge in [0.2, 0.25) is 0 Å². The van der Waals surface area contributed by atoms with E-state index in [9.17, 15) is 0 Å². The molecular formula is C52H38N2. The summed E-state index contributed by atoms with van der Waals surface area (Å²) >= 11 is 0. The van der Waals surface area contributed by atoms with Crippen molar-refractivity contribution in [3.05, 3.63) is 231 Å². The Bertz CT molecular complexity index is 2580. The number of hydrogen-bond acceptors (Lipinski definition) is 2. The highest BCUT2D eigenvalue weighted by atomic mass is 15.1. The first-order valence-corrected chi connectivity index (χ1v) is 18.4. The Kier molecular flexibility index (Phi) is 8.99. The van der Waals surface area contributed by atoms with Crippen molar-refractivity contribution in [3.63, 3.8) is 0 Å². The van der Waals surface area contributed by atoms with Crippen LogP contribution in [0.4, 0.5) is 34.1 Å². The van der Waals surface area contributed by atoms with Gasteiger partial charge < -0.3 is 9.80 Å². The third-order valence-electron chi connectivity index (χ3n) is 10.0. The van der Waals surface area contributed by atoms with E-state index in [1.165, 1.54) is 44.2 Å². The summed E-state index contributed by atoms with van der Waals surface area (Å²) < 4.78 is 0. The van der Waals surface area contributed by atoms with Crippen LogP contribution in [0.2, 0.25) is 0 Å². The molecule has 0 N–H and O–H groups in total. The Hall–Kier alpha value is -7.16. The summed E-state index contributed by atoms with van der Waals surface area (Å²) in [6.45, 7) is 0. The van der Waals surface area contributed by atoms with Crippen LogP contribution in [0.5, 0.6) is 0 Å². The van der Waals surface area contributed by atoms with E-state index < -0.39 is 0 Å². The third kappa shape index (κ3) is 6.65. The number of nitrogens with zero attached hydrogens (tertiary/aromatic N) is 2. The van der Waals surface area contributed by atoms with Crippen LogP contribution in [0.15, 0.2) is 231 Å². The summed E-state index contributed by atoms with van der Waals surface area (Å²) in [5.74, 6) is 0. The van der Waals surface area contributed by atoms with Crippen molar-refractivity contribution in [1.82, 2.24) is 0 Å². The van der Waals surface area contributed by atoms with Gasteiger partial charge in [-0.15, -0.1) is 0 Å². The molecule has 0 atom stereocenters. The molecule has 2 heteroatoms. The van der Waals surface area contributed by atoms with E-state index in [2.05, 4.69) is 240 Å². The van der Waals surface area contributed by atoms with Crippen LogP contribution in [0.25, 0.3) is 44.2 Å². The molecule has 2 nitrogen and oxygen atoms in total. The Morgan fingerprint density at radius 2 is 0.611 bits per heavy atom. The molecule has 0 bridgehead atoms. The normalized spacial score (nSPS) is 11.0. The van der Waals surface area contributed by atoms with Crippen LogP contribution in [0, 0.1) is 0 Å². The van der Waals surface area contributed by atoms with Gasteiger partial charge in [0, 0.05) is 33.8 Å². The Morgan fingerprint density at radius 3 is 1.19 bits per heavy atom. The minimum Gasteiger partial charge on any atom is -0.310 e. The number of anilines is 6. The highest BCUT2D eigenvalue weighted by Crippen LogP contribution is 2.41. The van der Waals surface area contributed by atoms with Crippen molar-refractivity contribution >= 4 is 44.9 Å². The molecule has 0 aliphatic rings. The monoisotopic (exact) mass is 690 g/mol. The van der Waals surface area contributed by atoms with Crippen molar-refractivity contribution in [3.8, 4) is 33.4 Å². The third-order valence-corrected chi connectivity index (χ3v) is 10.0. The van der Waals surface area contributed by atoms with Gasteiger partial charge >= 0.3 is 0 Å². The number of fused-ring (bicyclic) bond motifs is 1. The molecule has 0 spiro atoms. The molecule has 0 aromatic heterocycles. The lowest BCUT2D eigenvalue weighted by Gasteiger charge is -2.27. The minimum atomic E-state index is 1.09. The van der Waals surface area contributed by atoms with Gasteiger partial charge in [0.1, 0.15) is 0 Å². The Balaban J connectivity index is 1.11. The fourth-order valence-corrected chi connectivity index (χ4v) is 7.35. The molecule has 54 heavy (non-hydrogen) atoms. The van der Waals surface area contributed by atoms with Gasteiger partial charge in [0.15, 0.2) is 0 Å². The summed E-state index contributed by atoms with van der Waals surface area (Å²) in [7, 11) is 0. The predicted octanol–water partition coefficient (Wildman–Crippen LogP) is 14.8. The first kappa shape index (κ1) is 32.7. The first-order chi connectivity index (χ1) is 26.8. The molecule has 0 heterocycles. The van der Waals surface area contributed by atoms with Gasteiger partial charge in [0.25, 0.3) is 0 Å². The smallest absolute Gasteiger partial charge is 0.0540 e. The Labute approximate surface area is 317 Å². The lowest BCUT2D eigenvalue weighted by atomic mass is 9.99. The van der Waals surface area contributed by atoms with Gasteiger partial charge in [-0.25, -0.2) is 0 Å². The quantitative estimate of drug-likeness (QED) is 0.149. The van der Waals surface area contributed by atoms with E-state index in [4.69, 9.17) is 0 Å². The SMILES string of the molecule is c1ccc(-c2ccc(N(c3ccc(-c4ccc5cccc(N(c6ccccc6)c6ccccc6)c5c4)cc3)c3cccc(-c4ccccc4)c3)cc2)cc1. The number of benzene rings is 9. The van der Waals surface area contributed by atoms with E-state index in [0.29, 0.717) is 0 Å². The summed E-state index contributed by atoms with van der Waals surface area (Å²) in [4.78, 5) is 4.70. The molecule has 0 amide bonds. The second kappa shape index (κ2) is 14.8. The average Bonchev–Trinajstić information content (AvgIpc) is 3.26. The maximum Gasteiger partial charge on any atom is 0.0540 e. The second-order valence-electron chi connectivity index (χ2n) is 13.4. The molecular weight excluding hydrogens is 653 g/mol. The molecule has 0 aliphatic heterocycles. The topological polar surface area (TPSA) is 6.48 Å². The number of hydrogen-bond donors (Lipinski definition) is 0. The van der Waals surface area contributed by atoms with E-state index in [1.807, 2.05) is 0 Å². The summed E-state index contributed by atoms with van der Waals surface area (Å²) in [6.07, 6.45) is 0. The lowest BCUT2D eigenvalue weighted by Crippen LogP contribution is -2.10. The largest absolute Gasteiger partial charge is 0.310 e.